The fourth-order valence-electron chi connectivity index (χ4n) is 2.51. The van der Waals surface area contributed by atoms with Gasteiger partial charge in [-0.3, -0.25) is 0 Å². The Balaban J connectivity index is 1.64. The molecule has 2 aromatic heterocycles. The molecule has 2 aromatic rings. The lowest BCUT2D eigenvalue weighted by atomic mass is 10.1. The van der Waals surface area contributed by atoms with Gasteiger partial charge in [-0.2, -0.15) is 13.2 Å². The molecule has 1 unspecified atom stereocenters. The highest BCUT2D eigenvalue weighted by atomic mass is 32.1. The summed E-state index contributed by atoms with van der Waals surface area (Å²) in [7, 11) is 0. The van der Waals surface area contributed by atoms with Crippen LogP contribution in [0.1, 0.15) is 48.2 Å². The van der Waals surface area contributed by atoms with Crippen LogP contribution in [-0.2, 0) is 25.7 Å². The molecule has 1 aliphatic rings. The van der Waals surface area contributed by atoms with Crippen molar-refractivity contribution in [2.45, 2.75) is 51.5 Å². The average Bonchev–Trinajstić information content (AvgIpc) is 3.11. The van der Waals surface area contributed by atoms with Gasteiger partial charge < -0.3 is 9.88 Å². The Bertz CT molecular complexity index is 648. The molecule has 120 valence electrons. The van der Waals surface area contributed by atoms with Crippen LogP contribution < -0.4 is 5.32 Å². The van der Waals surface area contributed by atoms with E-state index in [2.05, 4.69) is 25.1 Å². The van der Waals surface area contributed by atoms with Gasteiger partial charge in [-0.05, 0) is 19.8 Å². The van der Waals surface area contributed by atoms with Crippen LogP contribution in [0.3, 0.4) is 0 Å². The number of hydrogen-bond donors (Lipinski definition) is 1. The first kappa shape index (κ1) is 15.4. The predicted molar refractivity (Wildman–Crippen MR) is 75.3 cm³/mol. The number of alkyl halides is 3. The van der Waals surface area contributed by atoms with Gasteiger partial charge in [0.1, 0.15) is 16.7 Å². The molecule has 1 N–H and O–H groups in total. The summed E-state index contributed by atoms with van der Waals surface area (Å²) in [5.74, 6) is 1.82. The summed E-state index contributed by atoms with van der Waals surface area (Å²) in [5.41, 5.74) is -0.832. The molecule has 0 fully saturated rings. The van der Waals surface area contributed by atoms with Crippen molar-refractivity contribution < 1.29 is 13.2 Å². The summed E-state index contributed by atoms with van der Waals surface area (Å²) < 4.78 is 39.6. The Hall–Kier alpha value is -1.48. The molecule has 0 bridgehead atoms. The summed E-state index contributed by atoms with van der Waals surface area (Å²) in [5, 5.41) is 13.0. The van der Waals surface area contributed by atoms with Gasteiger partial charge in [0.05, 0.1) is 6.04 Å². The maximum absolute atomic E-state index is 12.5. The van der Waals surface area contributed by atoms with Crippen LogP contribution in [0.5, 0.6) is 0 Å². The van der Waals surface area contributed by atoms with Crippen LogP contribution in [0.2, 0.25) is 0 Å². The third-order valence-corrected chi connectivity index (χ3v) is 4.53. The fourth-order valence-corrected chi connectivity index (χ4v) is 3.26. The van der Waals surface area contributed by atoms with Crippen molar-refractivity contribution >= 4 is 11.3 Å². The first-order valence-electron chi connectivity index (χ1n) is 7.12. The first-order valence-corrected chi connectivity index (χ1v) is 8.00. The van der Waals surface area contributed by atoms with Gasteiger partial charge >= 0.3 is 6.18 Å². The van der Waals surface area contributed by atoms with Gasteiger partial charge in [0, 0.05) is 24.9 Å². The van der Waals surface area contributed by atoms with E-state index in [1.165, 1.54) is 0 Å². The second-order valence-corrected chi connectivity index (χ2v) is 6.25. The zero-order valence-corrected chi connectivity index (χ0v) is 12.8. The molecule has 9 heteroatoms. The molecule has 0 aliphatic carbocycles. The molecule has 3 heterocycles. The largest absolute Gasteiger partial charge is 0.434 e. The molecule has 0 amide bonds. The lowest BCUT2D eigenvalue weighted by molar-refractivity contribution is -0.140. The summed E-state index contributed by atoms with van der Waals surface area (Å²) in [6.07, 6.45) is -1.22. The predicted octanol–water partition coefficient (Wildman–Crippen LogP) is 2.94. The standard InChI is InChI=1S/C13H16F3N5S/c1-8(12-20-19-10-4-2-3-5-21(10)12)17-6-11-18-9(7-22-11)13(14,15)16/h7-8,17H,2-6H2,1H3. The van der Waals surface area contributed by atoms with Gasteiger partial charge in [-0.15, -0.1) is 21.5 Å². The lowest BCUT2D eigenvalue weighted by Crippen LogP contribution is -2.23. The fraction of sp³-hybridized carbons (Fsp3) is 0.615. The molecule has 0 saturated heterocycles. The van der Waals surface area contributed by atoms with Crippen molar-refractivity contribution in [2.75, 3.05) is 0 Å². The number of aryl methyl sites for hydroxylation is 1. The minimum Gasteiger partial charge on any atom is -0.314 e. The van der Waals surface area contributed by atoms with E-state index in [1.54, 1.807) is 0 Å². The molecule has 1 aliphatic heterocycles. The number of aromatic nitrogens is 4. The van der Waals surface area contributed by atoms with Crippen molar-refractivity contribution in [3.63, 3.8) is 0 Å². The number of halogens is 3. The van der Waals surface area contributed by atoms with Crippen molar-refractivity contribution in [3.8, 4) is 0 Å². The van der Waals surface area contributed by atoms with Gasteiger partial charge in [-0.25, -0.2) is 4.98 Å². The number of nitrogens with one attached hydrogen (secondary N) is 1. The quantitative estimate of drug-likeness (QED) is 0.936. The summed E-state index contributed by atoms with van der Waals surface area (Å²) in [4.78, 5) is 3.61. The number of nitrogens with zero attached hydrogens (tertiary/aromatic N) is 4. The van der Waals surface area contributed by atoms with E-state index in [1.807, 2.05) is 6.92 Å². The number of rotatable bonds is 4. The first-order chi connectivity index (χ1) is 10.4. The van der Waals surface area contributed by atoms with Crippen molar-refractivity contribution in [1.29, 1.82) is 0 Å². The van der Waals surface area contributed by atoms with Gasteiger partial charge in [0.2, 0.25) is 0 Å². The van der Waals surface area contributed by atoms with Gasteiger partial charge in [0.15, 0.2) is 5.69 Å². The molecule has 0 saturated carbocycles. The van der Waals surface area contributed by atoms with Crippen LogP contribution in [0.25, 0.3) is 0 Å². The summed E-state index contributed by atoms with van der Waals surface area (Å²) in [6, 6.07) is -0.0856. The molecule has 3 rings (SSSR count). The molecule has 22 heavy (non-hydrogen) atoms. The van der Waals surface area contributed by atoms with Crippen molar-refractivity contribution in [2.24, 2.45) is 0 Å². The van der Waals surface area contributed by atoms with E-state index < -0.39 is 11.9 Å². The summed E-state index contributed by atoms with van der Waals surface area (Å²) in [6.45, 7) is 3.12. The summed E-state index contributed by atoms with van der Waals surface area (Å²) >= 11 is 1.01. The van der Waals surface area contributed by atoms with Crippen LogP contribution in [-0.4, -0.2) is 19.7 Å². The Morgan fingerprint density at radius 3 is 2.91 bits per heavy atom. The number of hydrogen-bond acceptors (Lipinski definition) is 5. The maximum atomic E-state index is 12.5. The van der Waals surface area contributed by atoms with Gasteiger partial charge in [-0.1, -0.05) is 0 Å². The molecule has 0 aromatic carbocycles. The Morgan fingerprint density at radius 1 is 1.36 bits per heavy atom. The van der Waals surface area contributed by atoms with E-state index in [-0.39, 0.29) is 12.6 Å². The monoisotopic (exact) mass is 331 g/mol. The topological polar surface area (TPSA) is 55.6 Å². The molecular weight excluding hydrogens is 315 g/mol. The maximum Gasteiger partial charge on any atom is 0.434 e. The van der Waals surface area contributed by atoms with Crippen LogP contribution in [0.15, 0.2) is 5.38 Å². The van der Waals surface area contributed by atoms with Crippen molar-refractivity contribution in [1.82, 2.24) is 25.1 Å². The highest BCUT2D eigenvalue weighted by Gasteiger charge is 2.33. The second-order valence-electron chi connectivity index (χ2n) is 5.31. The third kappa shape index (κ3) is 3.14. The highest BCUT2D eigenvalue weighted by Crippen LogP contribution is 2.30. The Labute approximate surface area is 129 Å². The van der Waals surface area contributed by atoms with E-state index in [9.17, 15) is 13.2 Å². The molecule has 0 radical (unpaired) electrons. The third-order valence-electron chi connectivity index (χ3n) is 3.68. The van der Waals surface area contributed by atoms with E-state index >= 15 is 0 Å². The van der Waals surface area contributed by atoms with E-state index in [0.717, 1.165) is 54.2 Å². The molecular formula is C13H16F3N5S. The Morgan fingerprint density at radius 2 is 2.18 bits per heavy atom. The van der Waals surface area contributed by atoms with E-state index in [4.69, 9.17) is 0 Å². The number of fused-ring (bicyclic) bond motifs is 1. The normalized spacial score (nSPS) is 16.5. The Kier molecular flexibility index (Phi) is 4.18. The average molecular weight is 331 g/mol. The lowest BCUT2D eigenvalue weighted by Gasteiger charge is -2.18. The van der Waals surface area contributed by atoms with Crippen LogP contribution in [0, 0.1) is 0 Å². The number of thiazole rings is 1. The van der Waals surface area contributed by atoms with Crippen LogP contribution in [0.4, 0.5) is 13.2 Å². The van der Waals surface area contributed by atoms with Gasteiger partial charge in [0.25, 0.3) is 0 Å². The molecule has 0 spiro atoms. The van der Waals surface area contributed by atoms with Crippen LogP contribution >= 0.6 is 11.3 Å². The van der Waals surface area contributed by atoms with E-state index in [0.29, 0.717) is 5.01 Å². The van der Waals surface area contributed by atoms with Crippen molar-refractivity contribution in [3.05, 3.63) is 27.7 Å². The smallest absolute Gasteiger partial charge is 0.314 e. The minimum absolute atomic E-state index is 0.0856. The molecule has 1 atom stereocenters. The highest BCUT2D eigenvalue weighted by molar-refractivity contribution is 7.09. The zero-order chi connectivity index (χ0) is 15.7. The molecule has 5 nitrogen and oxygen atoms in total. The zero-order valence-electron chi connectivity index (χ0n) is 12.0. The minimum atomic E-state index is -4.38. The second kappa shape index (κ2) is 5.96. The SMILES string of the molecule is CC(NCc1nc(C(F)(F)F)cs1)c1nnc2n1CCCC2.